The normalized spacial score (nSPS) is 16.0. The lowest BCUT2D eigenvalue weighted by molar-refractivity contribution is -0.144. The van der Waals surface area contributed by atoms with E-state index in [4.69, 9.17) is 10.5 Å². The Morgan fingerprint density at radius 1 is 0.442 bits per heavy atom. The molecule has 50 nitrogen and oxygen atoms in total. The summed E-state index contributed by atoms with van der Waals surface area (Å²) < 4.78 is 5.23. The first-order valence-corrected chi connectivity index (χ1v) is 47.8. The van der Waals surface area contributed by atoms with E-state index >= 15 is 0 Å². The fourth-order valence-corrected chi connectivity index (χ4v) is 17.8. The summed E-state index contributed by atoms with van der Waals surface area (Å²) in [6, 6.07) is 6.33. The van der Waals surface area contributed by atoms with Gasteiger partial charge in [-0.1, -0.05) is 70.1 Å². The molecule has 0 saturated heterocycles. The van der Waals surface area contributed by atoms with Crippen LogP contribution in [-0.4, -0.2) is 386 Å². The number of esters is 1. The Morgan fingerprint density at radius 3 is 1.28 bits per heavy atom. The second-order valence-corrected chi connectivity index (χ2v) is 36.9. The second kappa shape index (κ2) is 58.7. The molecule has 0 bridgehead atoms. The van der Waals surface area contributed by atoms with Crippen molar-refractivity contribution in [3.05, 3.63) is 104 Å². The van der Waals surface area contributed by atoms with E-state index in [1.54, 1.807) is 12.1 Å². The average molecular weight is 2030 g/mol. The number of nitrogens with one attached hydrogen (secondary N) is 12. The van der Waals surface area contributed by atoms with Gasteiger partial charge in [0, 0.05) is 104 Å². The Labute approximate surface area is 802 Å². The molecule has 138 heavy (non-hydrogen) atoms. The second-order valence-electron chi connectivity index (χ2n) is 32.0. The number of thiophene rings is 1. The molecule has 0 saturated carbocycles. The number of aliphatic hydroxyl groups is 15. The number of carbonyl (C=O) groups excluding carboxylic acids is 11. The molecule has 0 aliphatic heterocycles. The molecule has 0 radical (unpaired) electrons. The van der Waals surface area contributed by atoms with Gasteiger partial charge in [0.05, 0.1) is 48.4 Å². The first kappa shape index (κ1) is 116. The topological polar surface area (TPSA) is 858 Å². The highest BCUT2D eigenvalue weighted by Crippen LogP contribution is 2.46. The van der Waals surface area contributed by atoms with E-state index in [0.717, 1.165) is 60.1 Å². The highest BCUT2D eigenvalue weighted by molar-refractivity contribution is 8.76. The van der Waals surface area contributed by atoms with Crippen molar-refractivity contribution in [3.8, 4) is 11.1 Å². The number of ether oxygens (including phenoxy) is 1. The van der Waals surface area contributed by atoms with Crippen molar-refractivity contribution in [1.29, 1.82) is 0 Å². The zero-order valence-corrected chi connectivity index (χ0v) is 77.4. The van der Waals surface area contributed by atoms with Crippen molar-refractivity contribution in [2.24, 2.45) is 0 Å². The summed E-state index contributed by atoms with van der Waals surface area (Å²) in [4.78, 5) is 226. The van der Waals surface area contributed by atoms with Gasteiger partial charge in [-0.05, 0) is 98.2 Å². The number of H-pyrrole nitrogens is 2. The van der Waals surface area contributed by atoms with Gasteiger partial charge in [-0.3, -0.25) is 72.1 Å². The number of benzene rings is 2. The number of nitrogens with two attached hydrogens (primary N) is 1. The molecular weight excluding hydrogens is 1910 g/mol. The number of hydrogen-bond donors (Lipinski definition) is 32. The van der Waals surface area contributed by atoms with Crippen molar-refractivity contribution in [2.75, 3.05) is 74.8 Å². The number of nitrogens with zero attached hydrogens (tertiary/aromatic N) is 1. The number of amides is 10. The SMILES string of the molecule is Nc1nc2[nH]c(CCCc3ccc(C(=O)N[C@@H](CCC(=O)OCCSSC[C@H](NC(=O)[C@H](CCC(=O)NC[C@H](O)[C@@H](O)[C@H](O)[C@H](O)CO)NC(=O)[C@H](CCC(=O)O)NC(=O)[C@H](CCC(=O)NC[C@H](O)[C@@H](O)[C@H](O)[C@H](O)CO)NC(=O)[C@H](CCC(=O)O)NC(=O)[C@H](CCC(=O)NC[C@H](O)[C@@H](O)[C@H](O)[C@H](O)CO)NC(=O)CCSCC4c5ccccc5-c5ccccc54)C(=O)O)C(=O)O)s3)cc2c(=O)[nH]1. The van der Waals surface area contributed by atoms with Crippen LogP contribution in [0.25, 0.3) is 22.2 Å². The molecule has 33 N–H and O–H groups in total. The summed E-state index contributed by atoms with van der Waals surface area (Å²) in [6.45, 7) is -6.24. The zero-order chi connectivity index (χ0) is 102. The van der Waals surface area contributed by atoms with E-state index in [-0.39, 0.29) is 41.3 Å². The smallest absolute Gasteiger partial charge is 0.327 e. The Hall–Kier alpha value is -11.1. The highest BCUT2D eigenvalue weighted by Gasteiger charge is 2.39. The van der Waals surface area contributed by atoms with Crippen molar-refractivity contribution in [3.63, 3.8) is 0 Å². The number of rotatable bonds is 66. The van der Waals surface area contributed by atoms with Crippen LogP contribution >= 0.6 is 44.7 Å². The first-order valence-electron chi connectivity index (χ1n) is 43.4. The molecule has 3 aromatic heterocycles. The zero-order valence-electron chi connectivity index (χ0n) is 74.1. The van der Waals surface area contributed by atoms with Gasteiger partial charge in [-0.15, -0.1) is 11.3 Å². The molecule has 6 rings (SSSR count). The van der Waals surface area contributed by atoms with Crippen LogP contribution < -0.4 is 64.5 Å². The van der Waals surface area contributed by atoms with E-state index in [2.05, 4.69) is 68.1 Å². The quantitative estimate of drug-likeness (QED) is 0.00976. The molecule has 19 atom stereocenters. The molecular formula is C84H118N14O36S4. The van der Waals surface area contributed by atoms with Crippen LogP contribution in [0.3, 0.4) is 0 Å². The number of nitrogen functional groups attached to an aromatic ring is 1. The minimum atomic E-state index is -2.24. The molecule has 0 fully saturated rings. The van der Waals surface area contributed by atoms with Crippen LogP contribution in [0, 0.1) is 0 Å². The standard InChI is InChI=1S/C84H118N14O36S4/c85-84-97-74-45(75(123)98-84)30-39(89-74)6-5-7-40-12-19-60(138-40)81(129)95-52(82(130)131)18-25-67(116)134-27-29-136-137-38-53(83(132)133)96-80(128)49(15-22-63(110)88-33-56(104)70(119)73(122)59(107)36-101)92-79(127)51(17-24-66(114)115)94-77(125)48(14-21-62(109)87-32-55(103)69(118)72(121)58(106)35-100)91-78(126)50(16-23-65(112)113)93-76(124)47(13-20-61(108)86-31-54(102)68(117)71(120)57(105)34-99)90-64(111)26-28-135-37-46-43-10-3-1-8-41(43)42-9-2-4-11-44(42)46/h1-4,8-12,19,30,46-59,68-73,99-107,117-122H,5-7,13-18,20-29,31-38H2,(H,86,108)(H,87,109)(H,88,110)(H,90,111)(H,91,126)(H,92,127)(H,93,124)(H,94,125)(H,95,129)(H,96,128)(H,112,113)(H,114,115)(H,130,131)(H,132,133)(H4,85,89,97,98,123)/t47-,48-,49-,50-,51-,52-,53-,54-,55-,56-,57+,58+,59+,68+,69+,70+,71+,72+,73+/m0/s1. The number of aromatic amines is 2. The maximum atomic E-state index is 14.9. The molecule has 2 aromatic carbocycles. The monoisotopic (exact) mass is 2030 g/mol. The Morgan fingerprint density at radius 2 is 0.848 bits per heavy atom. The van der Waals surface area contributed by atoms with Crippen molar-refractivity contribution in [2.45, 2.75) is 224 Å². The third-order valence-corrected chi connectivity index (χ3v) is 26.2. The van der Waals surface area contributed by atoms with Gasteiger partial charge >= 0.3 is 29.8 Å². The molecule has 0 unspecified atom stereocenters. The number of aromatic nitrogens is 3. The number of carbonyl (C=O) groups is 15. The Bertz CT molecular complexity index is 4930. The third-order valence-electron chi connectivity index (χ3n) is 21.6. The number of thioether (sulfide) groups is 1. The minimum absolute atomic E-state index is 0.0563. The van der Waals surface area contributed by atoms with Gasteiger partial charge in [0.2, 0.25) is 59.1 Å². The van der Waals surface area contributed by atoms with E-state index in [1.807, 2.05) is 48.5 Å². The van der Waals surface area contributed by atoms with Gasteiger partial charge < -0.3 is 166 Å². The fraction of sp³-hybridized carbons (Fsp3) is 0.560. The number of carboxylic acids is 4. The van der Waals surface area contributed by atoms with Gasteiger partial charge in [0.1, 0.15) is 109 Å². The maximum absolute atomic E-state index is 14.9. The molecule has 5 aromatic rings. The lowest BCUT2D eigenvalue weighted by Crippen LogP contribution is -2.60. The van der Waals surface area contributed by atoms with Gasteiger partial charge in [-0.2, -0.15) is 16.7 Å². The molecule has 764 valence electrons. The summed E-state index contributed by atoms with van der Waals surface area (Å²) in [5.41, 5.74) is 10.4. The van der Waals surface area contributed by atoms with Crippen LogP contribution in [0.4, 0.5) is 5.95 Å². The van der Waals surface area contributed by atoms with E-state index in [0.29, 0.717) is 41.7 Å². The lowest BCUT2D eigenvalue weighted by Gasteiger charge is -2.28. The van der Waals surface area contributed by atoms with Gasteiger partial charge in [0.15, 0.2) is 0 Å². The lowest BCUT2D eigenvalue weighted by atomic mass is 9.99. The molecule has 54 heteroatoms. The first-order chi connectivity index (χ1) is 65.4. The van der Waals surface area contributed by atoms with Crippen LogP contribution in [0.2, 0.25) is 0 Å². The summed E-state index contributed by atoms with van der Waals surface area (Å²) in [6.07, 6.45) is -33.6. The third kappa shape index (κ3) is 37.9. The number of aliphatic carboxylic acids is 4. The molecule has 0 spiro atoms. The summed E-state index contributed by atoms with van der Waals surface area (Å²) in [7, 11) is 1.67. The van der Waals surface area contributed by atoms with Crippen LogP contribution in [0.1, 0.15) is 127 Å². The molecule has 1 aliphatic rings. The van der Waals surface area contributed by atoms with Crippen LogP contribution in [0.15, 0.2) is 71.5 Å². The largest absolute Gasteiger partial charge is 0.481 e. The average Bonchev–Trinajstić information content (AvgIpc) is 1.61. The van der Waals surface area contributed by atoms with Crippen LogP contribution in [-0.2, 0) is 84.7 Å². The van der Waals surface area contributed by atoms with Gasteiger partial charge in [-0.25, -0.2) is 9.59 Å². The molecule has 1 aliphatic carbocycles. The number of hydrogen-bond acceptors (Lipinski definition) is 38. The van der Waals surface area contributed by atoms with E-state index in [1.165, 1.54) is 17.8 Å². The molecule has 3 heterocycles. The highest BCUT2D eigenvalue weighted by atomic mass is 33.1. The molecule has 10 amide bonds. The van der Waals surface area contributed by atoms with Crippen molar-refractivity contribution < 1.29 is 174 Å². The minimum Gasteiger partial charge on any atom is -0.481 e. The summed E-state index contributed by atoms with van der Waals surface area (Å²) >= 11 is 2.48. The van der Waals surface area contributed by atoms with Gasteiger partial charge in [0.25, 0.3) is 11.5 Å². The predicted octanol–water partition coefficient (Wildman–Crippen LogP) is -8.39. The fourth-order valence-electron chi connectivity index (χ4n) is 13.8. The number of aliphatic hydroxyl groups excluding tert-OH is 15. The summed E-state index contributed by atoms with van der Waals surface area (Å²) in [5.74, 6) is -19.6. The summed E-state index contributed by atoms with van der Waals surface area (Å²) in [5, 5.41) is 213. The number of aryl methyl sites for hydroxylation is 2. The Balaban J connectivity index is 1.19. The van der Waals surface area contributed by atoms with E-state index < -0.39 is 332 Å². The number of fused-ring (bicyclic) bond motifs is 4. The number of carboxylic acid groups (broad SMARTS) is 4. The number of anilines is 1. The van der Waals surface area contributed by atoms with Crippen LogP contribution in [0.5, 0.6) is 0 Å². The predicted molar refractivity (Wildman–Crippen MR) is 490 cm³/mol. The van der Waals surface area contributed by atoms with E-state index in [9.17, 15) is 174 Å². The Kier molecular flexibility index (Phi) is 49.1. The maximum Gasteiger partial charge on any atom is 0.327 e. The van der Waals surface area contributed by atoms with Crippen molar-refractivity contribution >= 4 is 151 Å². The van der Waals surface area contributed by atoms with Crippen molar-refractivity contribution in [1.82, 2.24) is 68.1 Å².